The summed E-state index contributed by atoms with van der Waals surface area (Å²) in [5.74, 6) is 1.07. The van der Waals surface area contributed by atoms with Crippen LogP contribution in [0.5, 0.6) is 0 Å². The molecule has 0 fully saturated rings. The molecule has 1 amide bonds. The maximum Gasteiger partial charge on any atom is 0.236 e. The minimum Gasteiger partial charge on any atom is -0.300 e. The van der Waals surface area contributed by atoms with Crippen molar-refractivity contribution in [3.63, 3.8) is 0 Å². The van der Waals surface area contributed by atoms with Crippen molar-refractivity contribution in [2.75, 3.05) is 16.8 Å². The highest BCUT2D eigenvalue weighted by molar-refractivity contribution is 8.01. The van der Waals surface area contributed by atoms with Gasteiger partial charge in [-0.05, 0) is 12.1 Å². The molecule has 0 spiro atoms. The molecule has 0 saturated carbocycles. The molecular formula is C13H13N3OS3. The Labute approximate surface area is 130 Å². The highest BCUT2D eigenvalue weighted by Crippen LogP contribution is 2.25. The van der Waals surface area contributed by atoms with Gasteiger partial charge in [0.15, 0.2) is 4.34 Å². The summed E-state index contributed by atoms with van der Waals surface area (Å²) in [4.78, 5) is 12.9. The zero-order valence-corrected chi connectivity index (χ0v) is 13.1. The average molecular weight is 323 g/mol. The van der Waals surface area contributed by atoms with Gasteiger partial charge in [-0.15, -0.1) is 28.5 Å². The fourth-order valence-corrected chi connectivity index (χ4v) is 3.52. The van der Waals surface area contributed by atoms with Crippen LogP contribution in [-0.4, -0.2) is 27.6 Å². The Hall–Kier alpha value is -1.31. The predicted octanol–water partition coefficient (Wildman–Crippen LogP) is 3.55. The molecule has 1 aromatic heterocycles. The van der Waals surface area contributed by atoms with E-state index in [2.05, 4.69) is 22.1 Å². The summed E-state index contributed by atoms with van der Waals surface area (Å²) in [5, 5.41) is 11.2. The molecule has 4 nitrogen and oxygen atoms in total. The van der Waals surface area contributed by atoms with Gasteiger partial charge in [-0.1, -0.05) is 47.4 Å². The Morgan fingerprint density at radius 3 is 2.85 bits per heavy atom. The van der Waals surface area contributed by atoms with E-state index >= 15 is 0 Å². The van der Waals surface area contributed by atoms with E-state index in [-0.39, 0.29) is 5.91 Å². The lowest BCUT2D eigenvalue weighted by molar-refractivity contribution is -0.113. The molecule has 2 aromatic rings. The van der Waals surface area contributed by atoms with Crippen LogP contribution < -0.4 is 5.32 Å². The number of hydrogen-bond donors (Lipinski definition) is 1. The first kappa shape index (κ1) is 15.1. The van der Waals surface area contributed by atoms with Crippen LogP contribution in [0.4, 0.5) is 5.13 Å². The first-order chi connectivity index (χ1) is 9.78. The molecular weight excluding hydrogens is 310 g/mol. The van der Waals surface area contributed by atoms with Gasteiger partial charge >= 0.3 is 0 Å². The third kappa shape index (κ3) is 4.99. The molecule has 0 bridgehead atoms. The van der Waals surface area contributed by atoms with Crippen LogP contribution in [0.15, 0.2) is 52.2 Å². The number of amides is 1. The molecule has 0 unspecified atom stereocenters. The minimum absolute atomic E-state index is 0.0738. The van der Waals surface area contributed by atoms with Crippen LogP contribution in [0.25, 0.3) is 0 Å². The van der Waals surface area contributed by atoms with Gasteiger partial charge in [0.25, 0.3) is 0 Å². The van der Waals surface area contributed by atoms with Crippen molar-refractivity contribution in [3.8, 4) is 0 Å². The van der Waals surface area contributed by atoms with E-state index in [1.807, 2.05) is 30.3 Å². The van der Waals surface area contributed by atoms with Crippen LogP contribution in [-0.2, 0) is 4.79 Å². The van der Waals surface area contributed by atoms with Crippen molar-refractivity contribution < 1.29 is 4.79 Å². The predicted molar refractivity (Wildman–Crippen MR) is 86.6 cm³/mol. The lowest BCUT2D eigenvalue weighted by Gasteiger charge is -2.01. The smallest absolute Gasteiger partial charge is 0.236 e. The first-order valence-electron chi connectivity index (χ1n) is 5.83. The summed E-state index contributed by atoms with van der Waals surface area (Å²) in [7, 11) is 0. The molecule has 0 aliphatic heterocycles. The molecule has 7 heteroatoms. The van der Waals surface area contributed by atoms with E-state index in [1.54, 1.807) is 17.8 Å². The highest BCUT2D eigenvalue weighted by Gasteiger charge is 2.08. The molecule has 1 heterocycles. The summed E-state index contributed by atoms with van der Waals surface area (Å²) in [6.07, 6.45) is 1.81. The topological polar surface area (TPSA) is 54.9 Å². The van der Waals surface area contributed by atoms with Crippen LogP contribution >= 0.6 is 34.9 Å². The third-order valence-corrected chi connectivity index (χ3v) is 5.07. The number of anilines is 1. The number of benzene rings is 1. The van der Waals surface area contributed by atoms with Gasteiger partial charge in [-0.25, -0.2) is 0 Å². The number of rotatable bonds is 7. The van der Waals surface area contributed by atoms with Crippen LogP contribution in [0, 0.1) is 0 Å². The number of carbonyl (C=O) groups is 1. The Balaban J connectivity index is 1.79. The molecule has 0 saturated heterocycles. The van der Waals surface area contributed by atoms with Gasteiger partial charge in [0.1, 0.15) is 0 Å². The second-order valence-electron chi connectivity index (χ2n) is 3.62. The fourth-order valence-electron chi connectivity index (χ4n) is 1.27. The number of carbonyl (C=O) groups excluding carboxylic acids is 1. The van der Waals surface area contributed by atoms with E-state index in [0.29, 0.717) is 10.9 Å². The summed E-state index contributed by atoms with van der Waals surface area (Å²) < 4.78 is 0.830. The number of thioether (sulfide) groups is 2. The monoisotopic (exact) mass is 323 g/mol. The van der Waals surface area contributed by atoms with Gasteiger partial charge in [-0.2, -0.15) is 0 Å². The number of nitrogens with one attached hydrogen (secondary N) is 1. The largest absolute Gasteiger partial charge is 0.300 e. The first-order valence-corrected chi connectivity index (χ1v) is 8.61. The van der Waals surface area contributed by atoms with Crippen molar-refractivity contribution in [2.24, 2.45) is 0 Å². The standard InChI is InChI=1S/C13H13N3OS3/c1-2-8-18-13-16-15-12(20-13)14-11(17)9-19-10-6-4-3-5-7-10/h2-7H,1,8-9H2,(H,14,15,17). The average Bonchev–Trinajstić information content (AvgIpc) is 2.91. The molecule has 0 atom stereocenters. The zero-order chi connectivity index (χ0) is 14.2. The number of hydrogen-bond acceptors (Lipinski definition) is 6. The van der Waals surface area contributed by atoms with Crippen molar-refractivity contribution >= 4 is 45.9 Å². The van der Waals surface area contributed by atoms with Crippen molar-refractivity contribution in [1.29, 1.82) is 0 Å². The molecule has 20 heavy (non-hydrogen) atoms. The van der Waals surface area contributed by atoms with Crippen LogP contribution in [0.1, 0.15) is 0 Å². The van der Waals surface area contributed by atoms with Crippen molar-refractivity contribution in [2.45, 2.75) is 9.24 Å². The van der Waals surface area contributed by atoms with E-state index in [1.165, 1.54) is 23.1 Å². The highest BCUT2D eigenvalue weighted by atomic mass is 32.2. The Morgan fingerprint density at radius 2 is 2.10 bits per heavy atom. The molecule has 1 aromatic carbocycles. The SMILES string of the molecule is C=CCSc1nnc(NC(=O)CSc2ccccc2)s1. The lowest BCUT2D eigenvalue weighted by atomic mass is 10.4. The van der Waals surface area contributed by atoms with E-state index < -0.39 is 0 Å². The van der Waals surface area contributed by atoms with Crippen LogP contribution in [0.2, 0.25) is 0 Å². The number of aromatic nitrogens is 2. The fraction of sp³-hybridized carbons (Fsp3) is 0.154. The summed E-state index contributed by atoms with van der Waals surface area (Å²) >= 11 is 4.42. The molecule has 104 valence electrons. The van der Waals surface area contributed by atoms with Gasteiger partial charge in [0.2, 0.25) is 11.0 Å². The molecule has 0 radical (unpaired) electrons. The van der Waals surface area contributed by atoms with Crippen LogP contribution in [0.3, 0.4) is 0 Å². The Morgan fingerprint density at radius 1 is 1.30 bits per heavy atom. The van der Waals surface area contributed by atoms with Gasteiger partial charge < -0.3 is 0 Å². The van der Waals surface area contributed by atoms with E-state index in [9.17, 15) is 4.79 Å². The minimum atomic E-state index is -0.0738. The molecule has 1 N–H and O–H groups in total. The summed E-state index contributed by atoms with van der Waals surface area (Å²) in [5.41, 5.74) is 0. The summed E-state index contributed by atoms with van der Waals surface area (Å²) in [6, 6.07) is 9.82. The Kier molecular flexibility index (Phi) is 6.10. The zero-order valence-electron chi connectivity index (χ0n) is 10.6. The molecule has 0 aliphatic carbocycles. The third-order valence-electron chi connectivity index (χ3n) is 2.09. The number of nitrogens with zero attached hydrogens (tertiary/aromatic N) is 2. The van der Waals surface area contributed by atoms with Gasteiger partial charge in [0.05, 0.1) is 5.75 Å². The summed E-state index contributed by atoms with van der Waals surface area (Å²) in [6.45, 7) is 3.65. The van der Waals surface area contributed by atoms with Crippen molar-refractivity contribution in [3.05, 3.63) is 43.0 Å². The second kappa shape index (κ2) is 8.08. The molecule has 2 rings (SSSR count). The van der Waals surface area contributed by atoms with Gasteiger partial charge in [0, 0.05) is 10.6 Å². The van der Waals surface area contributed by atoms with E-state index in [0.717, 1.165) is 15.0 Å². The normalized spacial score (nSPS) is 10.2. The second-order valence-corrected chi connectivity index (χ2v) is 6.92. The van der Waals surface area contributed by atoms with Gasteiger partial charge in [-0.3, -0.25) is 10.1 Å². The lowest BCUT2D eigenvalue weighted by Crippen LogP contribution is -2.13. The maximum absolute atomic E-state index is 11.8. The maximum atomic E-state index is 11.8. The van der Waals surface area contributed by atoms with Crippen molar-refractivity contribution in [1.82, 2.24) is 10.2 Å². The quantitative estimate of drug-likeness (QED) is 0.480. The Bertz CT molecular complexity index is 571. The molecule has 0 aliphatic rings. The van der Waals surface area contributed by atoms with E-state index in [4.69, 9.17) is 0 Å².